The molecule has 2 N–H and O–H groups in total. The molecule has 24 heavy (non-hydrogen) atoms. The van der Waals surface area contributed by atoms with Crippen LogP contribution in [0.1, 0.15) is 19.4 Å². The number of anilines is 1. The summed E-state index contributed by atoms with van der Waals surface area (Å²) in [5.41, 5.74) is 4.52. The summed E-state index contributed by atoms with van der Waals surface area (Å²) < 4.78 is 5.92. The highest BCUT2D eigenvalue weighted by Gasteiger charge is 2.39. The number of nitrogens with zero attached hydrogens (tertiary/aromatic N) is 1. The van der Waals surface area contributed by atoms with Crippen LogP contribution in [0.15, 0.2) is 46.9 Å². The minimum atomic E-state index is -0.552. The molecule has 0 bridgehead atoms. The van der Waals surface area contributed by atoms with E-state index in [0.717, 1.165) is 33.4 Å². The van der Waals surface area contributed by atoms with Gasteiger partial charge in [0.25, 0.3) is 0 Å². The zero-order valence-electron chi connectivity index (χ0n) is 13.3. The van der Waals surface area contributed by atoms with Crippen molar-refractivity contribution in [2.24, 2.45) is 0 Å². The molecule has 4 aromatic rings. The molecule has 0 aliphatic carbocycles. The third-order valence-corrected chi connectivity index (χ3v) is 4.78. The lowest BCUT2D eigenvalue weighted by atomic mass is 9.86. The van der Waals surface area contributed by atoms with E-state index in [9.17, 15) is 4.79 Å². The molecule has 5 rings (SSSR count). The van der Waals surface area contributed by atoms with E-state index in [0.29, 0.717) is 11.5 Å². The molecule has 5 nitrogen and oxygen atoms in total. The largest absolute Gasteiger partial charge is 0.435 e. The molecule has 0 atom stereocenters. The Kier molecular flexibility index (Phi) is 2.37. The van der Waals surface area contributed by atoms with E-state index >= 15 is 0 Å². The molecule has 2 aromatic heterocycles. The van der Waals surface area contributed by atoms with Crippen molar-refractivity contribution in [1.29, 1.82) is 0 Å². The van der Waals surface area contributed by atoms with Crippen LogP contribution in [-0.4, -0.2) is 15.9 Å². The molecular formula is C19H15N3O2. The number of amides is 1. The fourth-order valence-corrected chi connectivity index (χ4v) is 3.30. The van der Waals surface area contributed by atoms with Crippen molar-refractivity contribution in [2.75, 3.05) is 5.32 Å². The van der Waals surface area contributed by atoms with Crippen LogP contribution in [0, 0.1) is 0 Å². The van der Waals surface area contributed by atoms with Crippen molar-refractivity contribution in [3.05, 3.63) is 48.0 Å². The zero-order chi connectivity index (χ0) is 16.5. The number of para-hydroxylation sites is 1. The number of carbonyl (C=O) groups excluding carboxylic acids is 1. The van der Waals surface area contributed by atoms with Gasteiger partial charge in [-0.15, -0.1) is 0 Å². The van der Waals surface area contributed by atoms with Gasteiger partial charge >= 0.3 is 0 Å². The van der Waals surface area contributed by atoms with Crippen LogP contribution < -0.4 is 5.32 Å². The van der Waals surface area contributed by atoms with Crippen LogP contribution in [0.5, 0.6) is 0 Å². The van der Waals surface area contributed by atoms with Gasteiger partial charge in [-0.1, -0.05) is 18.2 Å². The minimum Gasteiger partial charge on any atom is -0.435 e. The molecule has 118 valence electrons. The molecule has 2 aromatic carbocycles. The fraction of sp³-hybridized carbons (Fsp3) is 0.158. The van der Waals surface area contributed by atoms with Gasteiger partial charge in [-0.3, -0.25) is 4.79 Å². The monoisotopic (exact) mass is 317 g/mol. The first-order valence-electron chi connectivity index (χ1n) is 7.87. The number of aromatic amines is 1. The van der Waals surface area contributed by atoms with Gasteiger partial charge in [0.15, 0.2) is 5.58 Å². The Bertz CT molecular complexity index is 1100. The lowest BCUT2D eigenvalue weighted by Crippen LogP contribution is -2.26. The molecule has 1 amide bonds. The fourth-order valence-electron chi connectivity index (χ4n) is 3.30. The number of carbonyl (C=O) groups is 1. The average molecular weight is 317 g/mol. The van der Waals surface area contributed by atoms with E-state index in [2.05, 4.69) is 15.3 Å². The predicted octanol–water partition coefficient (Wildman–Crippen LogP) is 4.21. The number of nitrogens with one attached hydrogen (secondary N) is 2. The number of H-pyrrole nitrogens is 1. The molecule has 5 heteroatoms. The second kappa shape index (κ2) is 4.26. The normalized spacial score (nSPS) is 15.8. The van der Waals surface area contributed by atoms with Crippen molar-refractivity contribution in [3.8, 4) is 11.6 Å². The van der Waals surface area contributed by atoms with Gasteiger partial charge in [0, 0.05) is 22.7 Å². The smallest absolute Gasteiger partial charge is 0.244 e. The summed E-state index contributed by atoms with van der Waals surface area (Å²) in [5, 5.41) is 4.03. The summed E-state index contributed by atoms with van der Waals surface area (Å²) in [6.07, 6.45) is 0. The topological polar surface area (TPSA) is 70.9 Å². The summed E-state index contributed by atoms with van der Waals surface area (Å²) in [5.74, 6) is 0.551. The van der Waals surface area contributed by atoms with Crippen LogP contribution in [-0.2, 0) is 10.2 Å². The number of hydrogen-bond acceptors (Lipinski definition) is 3. The lowest BCUT2D eigenvalue weighted by molar-refractivity contribution is -0.119. The molecule has 0 spiro atoms. The Balaban J connectivity index is 1.68. The molecule has 0 saturated heterocycles. The lowest BCUT2D eigenvalue weighted by Gasteiger charge is -2.14. The number of fused-ring (bicyclic) bond motifs is 3. The zero-order valence-corrected chi connectivity index (χ0v) is 13.3. The van der Waals surface area contributed by atoms with E-state index < -0.39 is 5.41 Å². The van der Waals surface area contributed by atoms with Gasteiger partial charge in [0.2, 0.25) is 11.8 Å². The van der Waals surface area contributed by atoms with E-state index in [1.807, 2.05) is 56.3 Å². The van der Waals surface area contributed by atoms with E-state index in [1.165, 1.54) is 0 Å². The van der Waals surface area contributed by atoms with Gasteiger partial charge in [0.05, 0.1) is 5.41 Å². The van der Waals surface area contributed by atoms with E-state index in [4.69, 9.17) is 4.42 Å². The highest BCUT2D eigenvalue weighted by molar-refractivity contribution is 6.07. The highest BCUT2D eigenvalue weighted by atomic mass is 16.3. The Hall–Kier alpha value is -3.08. The number of aromatic nitrogens is 2. The first-order valence-corrected chi connectivity index (χ1v) is 7.87. The predicted molar refractivity (Wildman–Crippen MR) is 93.0 cm³/mol. The first-order chi connectivity index (χ1) is 11.5. The molecule has 1 aliphatic rings. The summed E-state index contributed by atoms with van der Waals surface area (Å²) >= 11 is 0. The van der Waals surface area contributed by atoms with Gasteiger partial charge < -0.3 is 14.7 Å². The molecule has 3 heterocycles. The van der Waals surface area contributed by atoms with Crippen LogP contribution in [0.4, 0.5) is 5.69 Å². The van der Waals surface area contributed by atoms with Crippen molar-refractivity contribution < 1.29 is 9.21 Å². The molecular weight excluding hydrogens is 302 g/mol. The molecule has 1 aliphatic heterocycles. The van der Waals surface area contributed by atoms with Gasteiger partial charge in [-0.05, 0) is 37.6 Å². The summed E-state index contributed by atoms with van der Waals surface area (Å²) in [6, 6.07) is 13.9. The standard InChI is InChI=1S/C19H15N3O2/c1-19(2)11-8-14-16(9-13(11)22-18(19)23)24-17(21-14)15-7-10-5-3-4-6-12(10)20-15/h3-9,20H,1-2H3,(H,22,23). The second-order valence-corrected chi connectivity index (χ2v) is 6.73. The third kappa shape index (κ3) is 1.69. The second-order valence-electron chi connectivity index (χ2n) is 6.73. The summed E-state index contributed by atoms with van der Waals surface area (Å²) in [6.45, 7) is 3.83. The number of benzene rings is 2. The van der Waals surface area contributed by atoms with Crippen molar-refractivity contribution in [2.45, 2.75) is 19.3 Å². The molecule has 0 saturated carbocycles. The van der Waals surface area contributed by atoms with Crippen LogP contribution in [0.25, 0.3) is 33.6 Å². The number of hydrogen-bond donors (Lipinski definition) is 2. The molecule has 0 fully saturated rings. The first kappa shape index (κ1) is 13.4. The van der Waals surface area contributed by atoms with Crippen molar-refractivity contribution in [1.82, 2.24) is 9.97 Å². The Morgan fingerprint density at radius 2 is 1.96 bits per heavy atom. The SMILES string of the molecule is CC1(C)C(=O)Nc2cc3oc(-c4cc5ccccc5[nH]4)nc3cc21. The summed E-state index contributed by atoms with van der Waals surface area (Å²) in [7, 11) is 0. The maximum Gasteiger partial charge on any atom is 0.244 e. The minimum absolute atomic E-state index is 0.000920. The molecule has 0 unspecified atom stereocenters. The van der Waals surface area contributed by atoms with Crippen LogP contribution >= 0.6 is 0 Å². The Morgan fingerprint density at radius 3 is 2.79 bits per heavy atom. The van der Waals surface area contributed by atoms with Gasteiger partial charge in [0.1, 0.15) is 11.2 Å². The van der Waals surface area contributed by atoms with Crippen LogP contribution in [0.3, 0.4) is 0 Å². The van der Waals surface area contributed by atoms with Gasteiger partial charge in [-0.2, -0.15) is 0 Å². The molecule has 0 radical (unpaired) electrons. The highest BCUT2D eigenvalue weighted by Crippen LogP contribution is 2.40. The average Bonchev–Trinajstić information content (AvgIpc) is 3.21. The third-order valence-electron chi connectivity index (χ3n) is 4.78. The summed E-state index contributed by atoms with van der Waals surface area (Å²) in [4.78, 5) is 20.0. The van der Waals surface area contributed by atoms with Crippen molar-refractivity contribution in [3.63, 3.8) is 0 Å². The Labute approximate surface area is 137 Å². The van der Waals surface area contributed by atoms with Crippen molar-refractivity contribution >= 4 is 33.6 Å². The van der Waals surface area contributed by atoms with E-state index in [1.54, 1.807) is 0 Å². The number of oxazole rings is 1. The quantitative estimate of drug-likeness (QED) is 0.552. The van der Waals surface area contributed by atoms with Crippen LogP contribution in [0.2, 0.25) is 0 Å². The maximum absolute atomic E-state index is 12.1. The number of rotatable bonds is 1. The maximum atomic E-state index is 12.1. The van der Waals surface area contributed by atoms with Gasteiger partial charge in [-0.25, -0.2) is 4.98 Å². The van der Waals surface area contributed by atoms with E-state index in [-0.39, 0.29) is 5.91 Å². The Morgan fingerprint density at radius 1 is 1.12 bits per heavy atom.